The first-order chi connectivity index (χ1) is 9.22. The minimum Gasteiger partial charge on any atom is -0.366 e. The molecule has 0 atom stereocenters. The van der Waals surface area contributed by atoms with Crippen LogP contribution in [0.5, 0.6) is 0 Å². The molecule has 1 aromatic heterocycles. The molecule has 1 saturated carbocycles. The topological polar surface area (TPSA) is 62.7 Å². The number of hydrogen-bond donors (Lipinski definition) is 2. The van der Waals surface area contributed by atoms with Crippen molar-refractivity contribution in [3.63, 3.8) is 0 Å². The second-order valence-electron chi connectivity index (χ2n) is 4.96. The lowest BCUT2D eigenvalue weighted by Crippen LogP contribution is -2.07. The van der Waals surface area contributed by atoms with Crippen molar-refractivity contribution in [2.24, 2.45) is 0 Å². The Labute approximate surface area is 112 Å². The van der Waals surface area contributed by atoms with Crippen molar-refractivity contribution < 1.29 is 0 Å². The van der Waals surface area contributed by atoms with Gasteiger partial charge < -0.3 is 10.6 Å². The van der Waals surface area contributed by atoms with Gasteiger partial charge in [0, 0.05) is 11.7 Å². The van der Waals surface area contributed by atoms with Crippen molar-refractivity contribution in [3.8, 4) is 0 Å². The van der Waals surface area contributed by atoms with Gasteiger partial charge in [-0.15, -0.1) is 5.10 Å². The molecule has 0 aliphatic heterocycles. The molecule has 5 nitrogen and oxygen atoms in total. The van der Waals surface area contributed by atoms with Gasteiger partial charge in [-0.25, -0.2) is 0 Å². The molecule has 3 rings (SSSR count). The summed E-state index contributed by atoms with van der Waals surface area (Å²) in [5.74, 6) is 1.31. The molecule has 0 amide bonds. The summed E-state index contributed by atoms with van der Waals surface area (Å²) in [5, 5.41) is 14.5. The first kappa shape index (κ1) is 11.9. The third-order valence-electron chi connectivity index (χ3n) is 3.34. The highest BCUT2D eigenvalue weighted by molar-refractivity contribution is 5.60. The average Bonchev–Trinajstić information content (AvgIpc) is 3.19. The molecule has 2 aromatic rings. The van der Waals surface area contributed by atoms with Crippen LogP contribution in [-0.2, 0) is 0 Å². The minimum absolute atomic E-state index is 0.527. The van der Waals surface area contributed by atoms with Crippen LogP contribution in [0.15, 0.2) is 24.4 Å². The number of benzene rings is 1. The van der Waals surface area contributed by atoms with Crippen LogP contribution in [0.1, 0.15) is 24.0 Å². The van der Waals surface area contributed by atoms with E-state index < -0.39 is 0 Å². The number of nitrogens with zero attached hydrogens (tertiary/aromatic N) is 3. The van der Waals surface area contributed by atoms with Crippen molar-refractivity contribution in [3.05, 3.63) is 35.5 Å². The third kappa shape index (κ3) is 2.81. The molecule has 19 heavy (non-hydrogen) atoms. The van der Waals surface area contributed by atoms with E-state index in [1.165, 1.54) is 24.0 Å². The van der Waals surface area contributed by atoms with E-state index in [2.05, 4.69) is 45.7 Å². The van der Waals surface area contributed by atoms with Gasteiger partial charge in [0.25, 0.3) is 0 Å². The molecule has 1 aliphatic carbocycles. The van der Waals surface area contributed by atoms with Crippen LogP contribution >= 0.6 is 0 Å². The van der Waals surface area contributed by atoms with Gasteiger partial charge in [-0.2, -0.15) is 10.1 Å². The molecule has 1 aromatic carbocycles. The number of nitrogens with one attached hydrogen (secondary N) is 2. The Balaban J connectivity index is 1.80. The van der Waals surface area contributed by atoms with E-state index in [1.54, 1.807) is 6.20 Å². The summed E-state index contributed by atoms with van der Waals surface area (Å²) in [6.45, 7) is 4.17. The fourth-order valence-corrected chi connectivity index (χ4v) is 1.87. The first-order valence-corrected chi connectivity index (χ1v) is 6.52. The molecule has 5 heteroatoms. The Bertz CT molecular complexity index is 592. The largest absolute Gasteiger partial charge is 0.366 e. The maximum atomic E-state index is 4.42. The summed E-state index contributed by atoms with van der Waals surface area (Å²) >= 11 is 0. The number of anilines is 3. The fourth-order valence-electron chi connectivity index (χ4n) is 1.87. The van der Waals surface area contributed by atoms with E-state index in [0.29, 0.717) is 12.0 Å². The highest BCUT2D eigenvalue weighted by atomic mass is 15.3. The highest BCUT2D eigenvalue weighted by Crippen LogP contribution is 2.24. The number of aromatic nitrogens is 3. The second-order valence-corrected chi connectivity index (χ2v) is 4.96. The maximum absolute atomic E-state index is 4.42. The lowest BCUT2D eigenvalue weighted by atomic mass is 10.1. The van der Waals surface area contributed by atoms with Gasteiger partial charge in [-0.05, 0) is 43.9 Å². The smallest absolute Gasteiger partial charge is 0.249 e. The number of aryl methyl sites for hydroxylation is 1. The molecule has 2 N–H and O–H groups in total. The molecule has 98 valence electrons. The van der Waals surface area contributed by atoms with Crippen molar-refractivity contribution in [1.82, 2.24) is 15.2 Å². The molecule has 0 radical (unpaired) electrons. The molecule has 1 heterocycles. The van der Waals surface area contributed by atoms with Gasteiger partial charge >= 0.3 is 0 Å². The highest BCUT2D eigenvalue weighted by Gasteiger charge is 2.21. The Kier molecular flexibility index (Phi) is 3.03. The third-order valence-corrected chi connectivity index (χ3v) is 3.34. The van der Waals surface area contributed by atoms with Crippen molar-refractivity contribution in [2.45, 2.75) is 32.7 Å². The Morgan fingerprint density at radius 3 is 2.84 bits per heavy atom. The lowest BCUT2D eigenvalue weighted by Gasteiger charge is -2.10. The Hall–Kier alpha value is -2.17. The van der Waals surface area contributed by atoms with Gasteiger partial charge in [0.05, 0.1) is 6.20 Å². The summed E-state index contributed by atoms with van der Waals surface area (Å²) in [5.41, 5.74) is 3.46. The zero-order valence-corrected chi connectivity index (χ0v) is 11.1. The van der Waals surface area contributed by atoms with Crippen LogP contribution in [0.2, 0.25) is 0 Å². The van der Waals surface area contributed by atoms with Crippen LogP contribution in [0.25, 0.3) is 0 Å². The minimum atomic E-state index is 0.527. The standard InChI is InChI=1S/C14H17N5/c1-9-4-3-5-12(10(9)2)17-14-18-13(8-15-19-14)16-11-6-7-11/h3-5,8,11H,6-7H2,1-2H3,(H2,16,17,18,19). The van der Waals surface area contributed by atoms with Crippen LogP contribution in [-0.4, -0.2) is 21.2 Å². The predicted octanol–water partition coefficient (Wildman–Crippen LogP) is 2.81. The predicted molar refractivity (Wildman–Crippen MR) is 75.7 cm³/mol. The zero-order chi connectivity index (χ0) is 13.2. The molecule has 0 saturated heterocycles. The van der Waals surface area contributed by atoms with Gasteiger partial charge in [0.1, 0.15) is 0 Å². The molecule has 1 fully saturated rings. The summed E-state index contributed by atoms with van der Waals surface area (Å²) in [6.07, 6.45) is 4.08. The number of hydrogen-bond acceptors (Lipinski definition) is 5. The van der Waals surface area contributed by atoms with Gasteiger partial charge in [0.2, 0.25) is 5.95 Å². The van der Waals surface area contributed by atoms with Gasteiger partial charge in [-0.3, -0.25) is 0 Å². The maximum Gasteiger partial charge on any atom is 0.249 e. The van der Waals surface area contributed by atoms with Crippen molar-refractivity contribution in [2.75, 3.05) is 10.6 Å². The molecule has 0 unspecified atom stereocenters. The monoisotopic (exact) mass is 255 g/mol. The van der Waals surface area contributed by atoms with Crippen molar-refractivity contribution in [1.29, 1.82) is 0 Å². The quantitative estimate of drug-likeness (QED) is 0.879. The Morgan fingerprint density at radius 2 is 2.05 bits per heavy atom. The summed E-state index contributed by atoms with van der Waals surface area (Å²) in [4.78, 5) is 4.42. The van der Waals surface area contributed by atoms with E-state index in [1.807, 2.05) is 12.1 Å². The summed E-state index contributed by atoms with van der Waals surface area (Å²) < 4.78 is 0. The SMILES string of the molecule is Cc1cccc(Nc2nncc(NC3CC3)n2)c1C. The average molecular weight is 255 g/mol. The van der Waals surface area contributed by atoms with E-state index in [4.69, 9.17) is 0 Å². The van der Waals surface area contributed by atoms with E-state index >= 15 is 0 Å². The van der Waals surface area contributed by atoms with Crippen molar-refractivity contribution >= 4 is 17.5 Å². The molecule has 1 aliphatic rings. The van der Waals surface area contributed by atoms with E-state index in [9.17, 15) is 0 Å². The molecule has 0 spiro atoms. The van der Waals surface area contributed by atoms with Crippen LogP contribution in [0, 0.1) is 13.8 Å². The van der Waals surface area contributed by atoms with Crippen LogP contribution in [0.3, 0.4) is 0 Å². The fraction of sp³-hybridized carbons (Fsp3) is 0.357. The summed E-state index contributed by atoms with van der Waals surface area (Å²) in [7, 11) is 0. The lowest BCUT2D eigenvalue weighted by molar-refractivity contribution is 0.964. The molecule has 0 bridgehead atoms. The van der Waals surface area contributed by atoms with E-state index in [-0.39, 0.29) is 0 Å². The van der Waals surface area contributed by atoms with E-state index in [0.717, 1.165) is 11.5 Å². The molecular weight excluding hydrogens is 238 g/mol. The first-order valence-electron chi connectivity index (χ1n) is 6.52. The number of rotatable bonds is 4. The Morgan fingerprint density at radius 1 is 1.21 bits per heavy atom. The zero-order valence-electron chi connectivity index (χ0n) is 11.1. The van der Waals surface area contributed by atoms with Crippen LogP contribution in [0.4, 0.5) is 17.5 Å². The van der Waals surface area contributed by atoms with Gasteiger partial charge in [0.15, 0.2) is 5.82 Å². The summed E-state index contributed by atoms with van der Waals surface area (Å²) in [6, 6.07) is 6.69. The normalized spacial score (nSPS) is 14.2. The van der Waals surface area contributed by atoms with Crippen LogP contribution < -0.4 is 10.6 Å². The second kappa shape index (κ2) is 4.84. The molecular formula is C14H17N5. The van der Waals surface area contributed by atoms with Gasteiger partial charge in [-0.1, -0.05) is 12.1 Å².